The monoisotopic (exact) mass is 381 g/mol. The topological polar surface area (TPSA) is 46.1 Å². The molecule has 0 aromatic heterocycles. The largest absolute Gasteiger partial charge is 0.375 e. The summed E-state index contributed by atoms with van der Waals surface area (Å²) in [6.07, 6.45) is 2.51. The molecule has 0 spiro atoms. The minimum atomic E-state index is -0.166. The van der Waals surface area contributed by atoms with E-state index in [0.29, 0.717) is 18.0 Å². The summed E-state index contributed by atoms with van der Waals surface area (Å²) in [7, 11) is 0. The zero-order chi connectivity index (χ0) is 18.2. The van der Waals surface area contributed by atoms with Crippen molar-refractivity contribution in [2.24, 2.45) is 4.99 Å². The maximum Gasteiger partial charge on any atom is 0.194 e. The van der Waals surface area contributed by atoms with Gasteiger partial charge in [0, 0.05) is 36.9 Å². The Labute approximate surface area is 159 Å². The molecular weight excluding hydrogens is 353 g/mol. The molecule has 2 atom stereocenters. The van der Waals surface area contributed by atoms with Gasteiger partial charge < -0.3 is 19.7 Å². The van der Waals surface area contributed by atoms with Crippen molar-refractivity contribution in [2.45, 2.75) is 36.9 Å². The maximum atomic E-state index is 13.7. The van der Waals surface area contributed by atoms with Crippen molar-refractivity contribution in [1.82, 2.24) is 10.2 Å². The fourth-order valence-corrected chi connectivity index (χ4v) is 4.07. The van der Waals surface area contributed by atoms with Gasteiger partial charge in [-0.15, -0.1) is 11.8 Å². The number of hydrogen-bond donors (Lipinski definition) is 1. The first kappa shape index (κ1) is 19.5. The predicted molar refractivity (Wildman–Crippen MR) is 103 cm³/mol. The summed E-state index contributed by atoms with van der Waals surface area (Å²) >= 11 is 1.50. The third kappa shape index (κ3) is 5.34. The molecule has 2 unspecified atom stereocenters. The number of thioether (sulfide) groups is 1. The molecule has 2 fully saturated rings. The van der Waals surface area contributed by atoms with Gasteiger partial charge in [-0.05, 0) is 31.9 Å². The minimum absolute atomic E-state index is 0.114. The highest BCUT2D eigenvalue weighted by molar-refractivity contribution is 7.99. The second kappa shape index (κ2) is 10.1. The molecule has 0 radical (unpaired) electrons. The average Bonchev–Trinajstić information content (AvgIpc) is 3.20. The Morgan fingerprint density at radius 2 is 2.15 bits per heavy atom. The lowest BCUT2D eigenvalue weighted by atomic mass is 10.1. The second-order valence-corrected chi connectivity index (χ2v) is 7.56. The van der Waals surface area contributed by atoms with Crippen molar-refractivity contribution in [3.8, 4) is 0 Å². The molecular formula is C19H28FN3O2S. The molecule has 1 aromatic carbocycles. The highest BCUT2D eigenvalue weighted by Crippen LogP contribution is 2.22. The van der Waals surface area contributed by atoms with E-state index in [2.05, 4.69) is 17.1 Å². The fraction of sp³-hybridized carbons (Fsp3) is 0.632. The lowest BCUT2D eigenvalue weighted by Gasteiger charge is -2.37. The van der Waals surface area contributed by atoms with Crippen molar-refractivity contribution in [3.05, 3.63) is 30.1 Å². The van der Waals surface area contributed by atoms with Gasteiger partial charge >= 0.3 is 0 Å². The Kier molecular flexibility index (Phi) is 7.58. The van der Waals surface area contributed by atoms with Gasteiger partial charge in [-0.1, -0.05) is 12.1 Å². The van der Waals surface area contributed by atoms with Crippen LogP contribution in [0.5, 0.6) is 0 Å². The van der Waals surface area contributed by atoms with Gasteiger partial charge in [0.1, 0.15) is 11.9 Å². The Hall–Kier alpha value is -1.31. The molecule has 7 heteroatoms. The van der Waals surface area contributed by atoms with Crippen molar-refractivity contribution < 1.29 is 13.9 Å². The number of halogens is 1. The lowest BCUT2D eigenvalue weighted by Crippen LogP contribution is -2.53. The number of rotatable bonds is 6. The van der Waals surface area contributed by atoms with Gasteiger partial charge in [-0.3, -0.25) is 4.99 Å². The van der Waals surface area contributed by atoms with Crippen LogP contribution in [0, 0.1) is 5.82 Å². The van der Waals surface area contributed by atoms with Gasteiger partial charge in [0.05, 0.1) is 19.3 Å². The van der Waals surface area contributed by atoms with E-state index in [1.54, 1.807) is 6.07 Å². The quantitative estimate of drug-likeness (QED) is 0.355. The Morgan fingerprint density at radius 1 is 1.31 bits per heavy atom. The summed E-state index contributed by atoms with van der Waals surface area (Å²) in [5.74, 6) is 1.49. The smallest absolute Gasteiger partial charge is 0.194 e. The lowest BCUT2D eigenvalue weighted by molar-refractivity contribution is -0.0816. The Balaban J connectivity index is 1.53. The van der Waals surface area contributed by atoms with Crippen LogP contribution in [-0.2, 0) is 9.47 Å². The Morgan fingerprint density at radius 3 is 2.92 bits per heavy atom. The van der Waals surface area contributed by atoms with Crippen LogP contribution < -0.4 is 5.32 Å². The number of aliphatic imine (C=N–C) groups is 1. The van der Waals surface area contributed by atoms with Crippen LogP contribution in [0.2, 0.25) is 0 Å². The number of ether oxygens (including phenoxy) is 2. The molecule has 2 aliphatic heterocycles. The van der Waals surface area contributed by atoms with E-state index < -0.39 is 0 Å². The van der Waals surface area contributed by atoms with E-state index in [1.807, 2.05) is 12.1 Å². The van der Waals surface area contributed by atoms with Gasteiger partial charge in [0.2, 0.25) is 0 Å². The van der Waals surface area contributed by atoms with E-state index in [9.17, 15) is 4.39 Å². The highest BCUT2D eigenvalue weighted by Gasteiger charge is 2.32. The molecule has 144 valence electrons. The SMILES string of the molecule is CCNC(=NCCSc1ccccc1F)N1CCOC(C2CCCO2)C1. The molecule has 0 amide bonds. The summed E-state index contributed by atoms with van der Waals surface area (Å²) in [4.78, 5) is 7.67. The summed E-state index contributed by atoms with van der Waals surface area (Å²) in [5, 5.41) is 3.37. The zero-order valence-corrected chi connectivity index (χ0v) is 16.1. The summed E-state index contributed by atoms with van der Waals surface area (Å²) in [6, 6.07) is 6.87. The number of benzene rings is 1. The molecule has 2 aliphatic rings. The van der Waals surface area contributed by atoms with Gasteiger partial charge in [0.25, 0.3) is 0 Å². The van der Waals surface area contributed by atoms with Crippen molar-refractivity contribution >= 4 is 17.7 Å². The minimum Gasteiger partial charge on any atom is -0.375 e. The number of morpholine rings is 1. The summed E-state index contributed by atoms with van der Waals surface area (Å²) in [5.41, 5.74) is 0. The average molecular weight is 382 g/mol. The molecule has 1 N–H and O–H groups in total. The molecule has 0 saturated carbocycles. The first-order chi connectivity index (χ1) is 12.8. The van der Waals surface area contributed by atoms with Crippen LogP contribution >= 0.6 is 11.8 Å². The van der Waals surface area contributed by atoms with E-state index in [-0.39, 0.29) is 18.0 Å². The van der Waals surface area contributed by atoms with E-state index in [1.165, 1.54) is 17.8 Å². The molecule has 26 heavy (non-hydrogen) atoms. The predicted octanol–water partition coefficient (Wildman–Crippen LogP) is 2.76. The maximum absolute atomic E-state index is 13.7. The molecule has 2 saturated heterocycles. The normalized spacial score (nSPS) is 24.1. The van der Waals surface area contributed by atoms with E-state index >= 15 is 0 Å². The van der Waals surface area contributed by atoms with Gasteiger partial charge in [-0.25, -0.2) is 4.39 Å². The fourth-order valence-electron chi connectivity index (χ4n) is 3.28. The van der Waals surface area contributed by atoms with E-state index in [0.717, 1.165) is 50.8 Å². The van der Waals surface area contributed by atoms with Crippen LogP contribution in [0.1, 0.15) is 19.8 Å². The first-order valence-corrected chi connectivity index (χ1v) is 10.4. The third-order valence-corrected chi connectivity index (χ3v) is 5.58. The Bertz CT molecular complexity index is 596. The molecule has 1 aromatic rings. The number of nitrogens with one attached hydrogen (secondary N) is 1. The molecule has 5 nitrogen and oxygen atoms in total. The third-order valence-electron chi connectivity index (χ3n) is 4.55. The molecule has 2 heterocycles. The van der Waals surface area contributed by atoms with Crippen LogP contribution in [0.3, 0.4) is 0 Å². The van der Waals surface area contributed by atoms with Crippen molar-refractivity contribution in [2.75, 3.05) is 45.1 Å². The molecule has 3 rings (SSSR count). The summed E-state index contributed by atoms with van der Waals surface area (Å²) < 4.78 is 25.4. The number of hydrogen-bond acceptors (Lipinski definition) is 4. The molecule has 0 bridgehead atoms. The standard InChI is InChI=1S/C19H28FN3O2S/c1-2-21-19(22-9-13-26-18-8-4-3-6-15(18)20)23-10-12-25-17(14-23)16-7-5-11-24-16/h3-4,6,8,16-17H,2,5,7,9-14H2,1H3,(H,21,22). The second-order valence-electron chi connectivity index (χ2n) is 6.42. The summed E-state index contributed by atoms with van der Waals surface area (Å²) in [6.45, 7) is 6.70. The first-order valence-electron chi connectivity index (χ1n) is 9.41. The van der Waals surface area contributed by atoms with Gasteiger partial charge in [-0.2, -0.15) is 0 Å². The van der Waals surface area contributed by atoms with Crippen LogP contribution in [0.4, 0.5) is 4.39 Å². The van der Waals surface area contributed by atoms with Crippen LogP contribution in [0.25, 0.3) is 0 Å². The van der Waals surface area contributed by atoms with Gasteiger partial charge in [0.15, 0.2) is 5.96 Å². The zero-order valence-electron chi connectivity index (χ0n) is 15.3. The van der Waals surface area contributed by atoms with E-state index in [4.69, 9.17) is 14.5 Å². The molecule has 0 aliphatic carbocycles. The van der Waals surface area contributed by atoms with Crippen LogP contribution in [0.15, 0.2) is 34.2 Å². The number of nitrogens with zero attached hydrogens (tertiary/aromatic N) is 2. The van der Waals surface area contributed by atoms with Crippen molar-refractivity contribution in [1.29, 1.82) is 0 Å². The number of guanidine groups is 1. The van der Waals surface area contributed by atoms with Crippen molar-refractivity contribution in [3.63, 3.8) is 0 Å². The highest BCUT2D eigenvalue weighted by atomic mass is 32.2. The van der Waals surface area contributed by atoms with Crippen LogP contribution in [-0.4, -0.2) is 68.2 Å².